The molecule has 1 aromatic carbocycles. The van der Waals surface area contributed by atoms with Crippen LogP contribution in [0.15, 0.2) is 54.7 Å². The molecule has 20 heavy (non-hydrogen) atoms. The highest BCUT2D eigenvalue weighted by Gasteiger charge is 2.09. The first kappa shape index (κ1) is 13.7. The summed E-state index contributed by atoms with van der Waals surface area (Å²) in [5, 5.41) is 2.30. The molecule has 0 atom stereocenters. The number of aromatic nitrogens is 1. The number of benzene rings is 1. The molecule has 0 fully saturated rings. The minimum absolute atomic E-state index is 0.0924. The molecule has 2 aromatic rings. The topological polar surface area (TPSA) is 68.3 Å². The Morgan fingerprint density at radius 1 is 1.05 bits per heavy atom. The summed E-state index contributed by atoms with van der Waals surface area (Å²) in [7, 11) is 0. The fraction of sp³-hybridized carbons (Fsp3) is 0.133. The molecular formula is C15H14N2O3. The smallest absolute Gasteiger partial charge is 0.257 e. The third-order valence-corrected chi connectivity index (χ3v) is 2.51. The van der Waals surface area contributed by atoms with Crippen LogP contribution in [0.2, 0.25) is 0 Å². The average molecular weight is 270 g/mol. The summed E-state index contributed by atoms with van der Waals surface area (Å²) in [6.45, 7) is 0.172. The van der Waals surface area contributed by atoms with Gasteiger partial charge in [-0.3, -0.25) is 14.9 Å². The van der Waals surface area contributed by atoms with E-state index in [0.29, 0.717) is 11.4 Å². The van der Waals surface area contributed by atoms with Gasteiger partial charge in [0.15, 0.2) is 0 Å². The van der Waals surface area contributed by atoms with Gasteiger partial charge in [-0.25, -0.2) is 4.98 Å². The van der Waals surface area contributed by atoms with Gasteiger partial charge in [0.05, 0.1) is 13.0 Å². The van der Waals surface area contributed by atoms with Crippen LogP contribution in [0.1, 0.15) is 16.8 Å². The molecule has 0 aliphatic heterocycles. The van der Waals surface area contributed by atoms with Gasteiger partial charge in [-0.05, 0) is 18.2 Å². The monoisotopic (exact) mass is 270 g/mol. The summed E-state index contributed by atoms with van der Waals surface area (Å²) in [4.78, 5) is 27.3. The second-order valence-electron chi connectivity index (χ2n) is 4.01. The van der Waals surface area contributed by atoms with Crippen LogP contribution in [0.4, 0.5) is 0 Å². The molecular weight excluding hydrogens is 256 g/mol. The van der Waals surface area contributed by atoms with E-state index in [4.69, 9.17) is 4.74 Å². The van der Waals surface area contributed by atoms with Gasteiger partial charge in [0, 0.05) is 17.8 Å². The summed E-state index contributed by atoms with van der Waals surface area (Å²) in [5.41, 5.74) is 0.450. The Bertz CT molecular complexity index is 570. The van der Waals surface area contributed by atoms with Crippen LogP contribution in [-0.2, 0) is 4.79 Å². The molecule has 0 aliphatic carbocycles. The number of rotatable bonds is 5. The molecule has 1 N–H and O–H groups in total. The van der Waals surface area contributed by atoms with Crippen molar-refractivity contribution in [3.05, 3.63) is 60.3 Å². The zero-order valence-corrected chi connectivity index (χ0v) is 10.8. The first-order valence-electron chi connectivity index (χ1n) is 6.19. The van der Waals surface area contributed by atoms with E-state index < -0.39 is 5.91 Å². The lowest BCUT2D eigenvalue weighted by molar-refractivity contribution is -0.120. The molecule has 2 rings (SSSR count). The quantitative estimate of drug-likeness (QED) is 0.899. The maximum Gasteiger partial charge on any atom is 0.257 e. The number of imide groups is 1. The molecule has 5 heteroatoms. The number of carbonyl (C=O) groups excluding carboxylic acids is 2. The minimum atomic E-state index is -0.409. The number of pyridine rings is 1. The van der Waals surface area contributed by atoms with Crippen molar-refractivity contribution in [3.8, 4) is 5.88 Å². The van der Waals surface area contributed by atoms with E-state index in [1.165, 1.54) is 0 Å². The van der Waals surface area contributed by atoms with Crippen molar-refractivity contribution in [2.45, 2.75) is 6.42 Å². The molecule has 1 heterocycles. The molecule has 2 amide bonds. The normalized spacial score (nSPS) is 9.80. The molecule has 0 aliphatic rings. The molecule has 0 unspecified atom stereocenters. The van der Waals surface area contributed by atoms with E-state index in [1.54, 1.807) is 54.7 Å². The molecule has 0 spiro atoms. The summed E-state index contributed by atoms with van der Waals surface area (Å²) < 4.78 is 5.28. The van der Waals surface area contributed by atoms with E-state index in [0.717, 1.165) is 0 Å². The van der Waals surface area contributed by atoms with Gasteiger partial charge in [0.2, 0.25) is 11.8 Å². The van der Waals surface area contributed by atoms with Crippen molar-refractivity contribution in [2.24, 2.45) is 0 Å². The Morgan fingerprint density at radius 3 is 2.50 bits per heavy atom. The van der Waals surface area contributed by atoms with Crippen LogP contribution in [0.25, 0.3) is 0 Å². The first-order chi connectivity index (χ1) is 9.75. The lowest BCUT2D eigenvalue weighted by atomic mass is 10.2. The van der Waals surface area contributed by atoms with Gasteiger partial charge in [-0.2, -0.15) is 0 Å². The number of carbonyl (C=O) groups is 2. The second-order valence-corrected chi connectivity index (χ2v) is 4.01. The van der Waals surface area contributed by atoms with E-state index in [1.807, 2.05) is 0 Å². The Morgan fingerprint density at radius 2 is 1.80 bits per heavy atom. The first-order valence-corrected chi connectivity index (χ1v) is 6.19. The summed E-state index contributed by atoms with van der Waals surface area (Å²) in [6.07, 6.45) is 1.70. The Balaban J connectivity index is 1.74. The predicted octanol–water partition coefficient (Wildman–Crippen LogP) is 1.81. The maximum atomic E-state index is 11.7. The number of ether oxygens (including phenoxy) is 1. The van der Waals surface area contributed by atoms with E-state index in [-0.39, 0.29) is 18.9 Å². The largest absolute Gasteiger partial charge is 0.477 e. The van der Waals surface area contributed by atoms with E-state index >= 15 is 0 Å². The zero-order chi connectivity index (χ0) is 14.2. The lowest BCUT2D eigenvalue weighted by Gasteiger charge is -2.05. The molecule has 1 aromatic heterocycles. The average Bonchev–Trinajstić information content (AvgIpc) is 2.49. The highest BCUT2D eigenvalue weighted by molar-refractivity contribution is 6.04. The molecule has 102 valence electrons. The van der Waals surface area contributed by atoms with E-state index in [9.17, 15) is 9.59 Å². The van der Waals surface area contributed by atoms with Crippen molar-refractivity contribution in [3.63, 3.8) is 0 Å². The molecule has 0 radical (unpaired) electrons. The van der Waals surface area contributed by atoms with Crippen LogP contribution >= 0.6 is 0 Å². The number of hydrogen-bond donors (Lipinski definition) is 1. The van der Waals surface area contributed by atoms with Crippen molar-refractivity contribution in [1.29, 1.82) is 0 Å². The second kappa shape index (κ2) is 7.04. The van der Waals surface area contributed by atoms with Gasteiger partial charge in [0.25, 0.3) is 5.91 Å². The van der Waals surface area contributed by atoms with Crippen LogP contribution in [0.3, 0.4) is 0 Å². The SMILES string of the molecule is O=C(CCOc1ccccn1)NC(=O)c1ccccc1. The van der Waals surface area contributed by atoms with Gasteiger partial charge >= 0.3 is 0 Å². The minimum Gasteiger partial charge on any atom is -0.477 e. The zero-order valence-electron chi connectivity index (χ0n) is 10.8. The predicted molar refractivity (Wildman–Crippen MR) is 73.3 cm³/mol. The standard InChI is InChI=1S/C15H14N2O3/c18-13(9-11-20-14-8-4-5-10-16-14)17-15(19)12-6-2-1-3-7-12/h1-8,10H,9,11H2,(H,17,18,19). The van der Waals surface area contributed by atoms with Gasteiger partial charge < -0.3 is 4.74 Å². The molecule has 0 bridgehead atoms. The van der Waals surface area contributed by atoms with Crippen molar-refractivity contribution in [1.82, 2.24) is 10.3 Å². The van der Waals surface area contributed by atoms with Crippen molar-refractivity contribution in [2.75, 3.05) is 6.61 Å². The molecule has 0 saturated heterocycles. The van der Waals surface area contributed by atoms with Crippen molar-refractivity contribution >= 4 is 11.8 Å². The Hall–Kier alpha value is -2.69. The number of nitrogens with zero attached hydrogens (tertiary/aromatic N) is 1. The fourth-order valence-electron chi connectivity index (χ4n) is 1.53. The lowest BCUT2D eigenvalue weighted by Crippen LogP contribution is -2.31. The third-order valence-electron chi connectivity index (χ3n) is 2.51. The van der Waals surface area contributed by atoms with Crippen LogP contribution in [0, 0.1) is 0 Å². The van der Waals surface area contributed by atoms with E-state index in [2.05, 4.69) is 10.3 Å². The third kappa shape index (κ3) is 4.20. The summed E-state index contributed by atoms with van der Waals surface area (Å²) in [5.74, 6) is -0.335. The van der Waals surface area contributed by atoms with Crippen LogP contribution in [0.5, 0.6) is 5.88 Å². The Kier molecular flexibility index (Phi) is 4.83. The number of hydrogen-bond acceptors (Lipinski definition) is 4. The van der Waals surface area contributed by atoms with Gasteiger partial charge in [-0.15, -0.1) is 0 Å². The molecule has 5 nitrogen and oxygen atoms in total. The molecule has 0 saturated carbocycles. The maximum absolute atomic E-state index is 11.7. The van der Waals surface area contributed by atoms with Gasteiger partial charge in [-0.1, -0.05) is 24.3 Å². The van der Waals surface area contributed by atoms with Gasteiger partial charge in [0.1, 0.15) is 0 Å². The van der Waals surface area contributed by atoms with Crippen molar-refractivity contribution < 1.29 is 14.3 Å². The summed E-state index contributed by atoms with van der Waals surface area (Å²) >= 11 is 0. The highest BCUT2D eigenvalue weighted by Crippen LogP contribution is 2.03. The fourth-order valence-corrected chi connectivity index (χ4v) is 1.53. The highest BCUT2D eigenvalue weighted by atomic mass is 16.5. The Labute approximate surface area is 116 Å². The van der Waals surface area contributed by atoms with Crippen LogP contribution in [-0.4, -0.2) is 23.4 Å². The number of nitrogens with one attached hydrogen (secondary N) is 1. The summed E-state index contributed by atoms with van der Waals surface area (Å²) in [6, 6.07) is 13.8. The van der Waals surface area contributed by atoms with Crippen LogP contribution < -0.4 is 10.1 Å². The number of amides is 2.